The first-order valence-corrected chi connectivity index (χ1v) is 11.5. The van der Waals surface area contributed by atoms with Gasteiger partial charge in [-0.2, -0.15) is 0 Å². The van der Waals surface area contributed by atoms with E-state index in [2.05, 4.69) is 30.6 Å². The zero-order chi connectivity index (χ0) is 18.2. The molecule has 2 bridgehead atoms. The van der Waals surface area contributed by atoms with Crippen LogP contribution in [0.4, 0.5) is 15.1 Å². The van der Waals surface area contributed by atoms with E-state index in [1.807, 2.05) is 0 Å². The van der Waals surface area contributed by atoms with Crippen molar-refractivity contribution in [3.63, 3.8) is 0 Å². The quantitative estimate of drug-likeness (QED) is 0.826. The Hall–Kier alpha value is -1.41. The number of piperidine rings is 1. The average molecular weight is 391 g/mol. The van der Waals surface area contributed by atoms with Gasteiger partial charge in [0.05, 0.1) is 0 Å². The van der Waals surface area contributed by atoms with Gasteiger partial charge in [-0.3, -0.25) is 5.32 Å². The number of anilines is 2. The number of likely N-dealkylation sites (tertiary alicyclic amines) is 1. The van der Waals surface area contributed by atoms with Gasteiger partial charge in [-0.05, 0) is 64.5 Å². The van der Waals surface area contributed by atoms with Crippen LogP contribution in [0, 0.1) is 0 Å². The largest absolute Gasteiger partial charge is 0.341 e. The van der Waals surface area contributed by atoms with E-state index in [4.69, 9.17) is 0 Å². The number of rotatable bonds is 4. The van der Waals surface area contributed by atoms with Gasteiger partial charge >= 0.3 is 6.03 Å². The summed E-state index contributed by atoms with van der Waals surface area (Å²) >= 11 is 1.52. The maximum absolute atomic E-state index is 12.2. The number of carbonyl (C=O) groups is 1. The van der Waals surface area contributed by atoms with Crippen LogP contribution in [0.25, 0.3) is 0 Å². The van der Waals surface area contributed by atoms with Gasteiger partial charge in [-0.1, -0.05) is 24.2 Å². The van der Waals surface area contributed by atoms with Crippen LogP contribution in [0.3, 0.4) is 0 Å². The Morgan fingerprint density at radius 2 is 1.63 bits per heavy atom. The number of carbonyl (C=O) groups excluding carboxylic acids is 1. The summed E-state index contributed by atoms with van der Waals surface area (Å²) in [5, 5.41) is 16.2. The molecule has 1 unspecified atom stereocenters. The second-order valence-electron chi connectivity index (χ2n) is 8.63. The molecule has 5 rings (SSSR count). The van der Waals surface area contributed by atoms with Crippen LogP contribution in [0.2, 0.25) is 0 Å². The average Bonchev–Trinajstić information content (AvgIpc) is 3.43. The summed E-state index contributed by atoms with van der Waals surface area (Å²) in [6.07, 6.45) is 12.4. The second kappa shape index (κ2) is 7.54. The number of amides is 2. The standard InChI is InChI=1S/C19H30N6OS/c26-17(20-13-5-1-2-6-13)21-18-22-23-19(27-18)25-14-7-8-15(25)12-16(11-14)24-9-3-4-10-24/h13-16H,1-12H2,(H2,20,21,22,26)/t14-,15+,16?. The molecule has 7 nitrogen and oxygen atoms in total. The number of aromatic nitrogens is 2. The maximum Gasteiger partial charge on any atom is 0.321 e. The van der Waals surface area contributed by atoms with E-state index in [9.17, 15) is 4.79 Å². The molecule has 3 atom stereocenters. The normalized spacial score (nSPS) is 31.6. The first-order chi connectivity index (χ1) is 13.3. The van der Waals surface area contributed by atoms with E-state index in [1.165, 1.54) is 75.8 Å². The lowest BCUT2D eigenvalue weighted by Gasteiger charge is -2.42. The summed E-state index contributed by atoms with van der Waals surface area (Å²) in [5.41, 5.74) is 0. The molecule has 2 N–H and O–H groups in total. The number of urea groups is 1. The molecule has 3 aliphatic heterocycles. The van der Waals surface area contributed by atoms with Crippen molar-refractivity contribution in [1.82, 2.24) is 20.4 Å². The second-order valence-corrected chi connectivity index (χ2v) is 9.59. The summed E-state index contributed by atoms with van der Waals surface area (Å²) < 4.78 is 0. The SMILES string of the molecule is O=C(Nc1nnc(N2[C@@H]3CC[C@H]2CC(N2CCCC2)C3)s1)NC1CCCC1. The first-order valence-electron chi connectivity index (χ1n) is 10.7. The molecular formula is C19H30N6OS. The van der Waals surface area contributed by atoms with Crippen LogP contribution in [0.5, 0.6) is 0 Å². The lowest BCUT2D eigenvalue weighted by atomic mass is 9.96. The Kier molecular flexibility index (Phi) is 4.94. The number of nitrogens with zero attached hydrogens (tertiary/aromatic N) is 4. The molecule has 3 saturated heterocycles. The summed E-state index contributed by atoms with van der Waals surface area (Å²) in [6.45, 7) is 2.57. The topological polar surface area (TPSA) is 73.4 Å². The van der Waals surface area contributed by atoms with E-state index < -0.39 is 0 Å². The monoisotopic (exact) mass is 390 g/mol. The zero-order valence-corrected chi connectivity index (χ0v) is 16.7. The van der Waals surface area contributed by atoms with Gasteiger partial charge < -0.3 is 15.1 Å². The molecule has 148 valence electrons. The predicted octanol–water partition coefficient (Wildman–Crippen LogP) is 3.20. The van der Waals surface area contributed by atoms with Crippen LogP contribution < -0.4 is 15.5 Å². The molecule has 4 heterocycles. The van der Waals surface area contributed by atoms with Gasteiger partial charge in [0.25, 0.3) is 0 Å². The van der Waals surface area contributed by atoms with E-state index in [0.717, 1.165) is 24.0 Å². The Morgan fingerprint density at radius 1 is 0.926 bits per heavy atom. The van der Waals surface area contributed by atoms with Crippen molar-refractivity contribution in [3.05, 3.63) is 0 Å². The third-order valence-corrected chi connectivity index (χ3v) is 7.76. The van der Waals surface area contributed by atoms with E-state index in [-0.39, 0.29) is 6.03 Å². The van der Waals surface area contributed by atoms with Crippen molar-refractivity contribution >= 4 is 27.6 Å². The minimum absolute atomic E-state index is 0.139. The smallest absolute Gasteiger partial charge is 0.321 e. The van der Waals surface area contributed by atoms with Crippen LogP contribution in [0.1, 0.15) is 64.2 Å². The van der Waals surface area contributed by atoms with Crippen LogP contribution >= 0.6 is 11.3 Å². The molecule has 1 saturated carbocycles. The molecule has 1 aromatic rings. The maximum atomic E-state index is 12.2. The van der Waals surface area contributed by atoms with Gasteiger partial charge in [0.1, 0.15) is 0 Å². The number of nitrogens with one attached hydrogen (secondary N) is 2. The minimum Gasteiger partial charge on any atom is -0.341 e. The fourth-order valence-corrected chi connectivity index (χ4v) is 6.51. The highest BCUT2D eigenvalue weighted by Crippen LogP contribution is 2.42. The first kappa shape index (κ1) is 17.7. The Bertz CT molecular complexity index is 655. The molecule has 0 aromatic carbocycles. The van der Waals surface area contributed by atoms with Crippen molar-refractivity contribution in [2.75, 3.05) is 23.3 Å². The van der Waals surface area contributed by atoms with Crippen LogP contribution in [-0.2, 0) is 0 Å². The third-order valence-electron chi connectivity index (χ3n) is 6.91. The van der Waals surface area contributed by atoms with Crippen molar-refractivity contribution in [3.8, 4) is 0 Å². The third kappa shape index (κ3) is 3.66. The summed E-state index contributed by atoms with van der Waals surface area (Å²) in [7, 11) is 0. The van der Waals surface area contributed by atoms with Crippen LogP contribution in [-0.4, -0.2) is 58.4 Å². The fourth-order valence-electron chi connectivity index (χ4n) is 5.62. The lowest BCUT2D eigenvalue weighted by Crippen LogP contribution is -2.50. The molecule has 4 fully saturated rings. The van der Waals surface area contributed by atoms with Crippen molar-refractivity contribution < 1.29 is 4.79 Å². The summed E-state index contributed by atoms with van der Waals surface area (Å²) in [5.74, 6) is 0. The van der Waals surface area contributed by atoms with E-state index >= 15 is 0 Å². The number of fused-ring (bicyclic) bond motifs is 2. The number of hydrogen-bond acceptors (Lipinski definition) is 6. The van der Waals surface area contributed by atoms with Gasteiger partial charge in [-0.25, -0.2) is 4.79 Å². The fraction of sp³-hybridized carbons (Fsp3) is 0.842. The van der Waals surface area contributed by atoms with Gasteiger partial charge in [0.15, 0.2) is 0 Å². The molecule has 0 radical (unpaired) electrons. The molecule has 1 aromatic heterocycles. The highest BCUT2D eigenvalue weighted by Gasteiger charge is 2.44. The Balaban J connectivity index is 1.20. The molecule has 8 heteroatoms. The highest BCUT2D eigenvalue weighted by atomic mass is 32.1. The predicted molar refractivity (Wildman–Crippen MR) is 107 cm³/mol. The number of hydrogen-bond donors (Lipinski definition) is 2. The van der Waals surface area contributed by atoms with Gasteiger partial charge in [0.2, 0.25) is 10.3 Å². The van der Waals surface area contributed by atoms with Crippen molar-refractivity contribution in [2.24, 2.45) is 0 Å². The molecular weight excluding hydrogens is 360 g/mol. The Labute approximate surface area is 164 Å². The molecule has 1 aliphatic carbocycles. The van der Waals surface area contributed by atoms with Crippen LogP contribution in [0.15, 0.2) is 0 Å². The summed E-state index contributed by atoms with van der Waals surface area (Å²) in [6, 6.07) is 2.10. The van der Waals surface area contributed by atoms with Crippen molar-refractivity contribution in [1.29, 1.82) is 0 Å². The summed E-state index contributed by atoms with van der Waals surface area (Å²) in [4.78, 5) is 17.4. The Morgan fingerprint density at radius 3 is 2.33 bits per heavy atom. The zero-order valence-electron chi connectivity index (χ0n) is 15.9. The molecule has 2 amide bonds. The van der Waals surface area contributed by atoms with Gasteiger partial charge in [0, 0.05) is 24.2 Å². The lowest BCUT2D eigenvalue weighted by molar-refractivity contribution is 0.186. The highest BCUT2D eigenvalue weighted by molar-refractivity contribution is 7.19. The minimum atomic E-state index is -0.139. The molecule has 27 heavy (non-hydrogen) atoms. The van der Waals surface area contributed by atoms with E-state index in [1.54, 1.807) is 0 Å². The molecule has 4 aliphatic rings. The van der Waals surface area contributed by atoms with Crippen molar-refractivity contribution in [2.45, 2.75) is 88.4 Å². The molecule has 0 spiro atoms. The van der Waals surface area contributed by atoms with Gasteiger partial charge in [-0.15, -0.1) is 10.2 Å². The van der Waals surface area contributed by atoms with E-state index in [0.29, 0.717) is 23.3 Å².